The Kier molecular flexibility index (Phi) is 3.94. The molecule has 0 spiro atoms. The molecule has 0 aliphatic heterocycles. The number of hydrogen-bond donors (Lipinski definition) is 1. The summed E-state index contributed by atoms with van der Waals surface area (Å²) in [5, 5.41) is 3.90. The molecular weight excluding hydrogens is 194 g/mol. The third-order valence-electron chi connectivity index (χ3n) is 4.82. The first-order valence-corrected chi connectivity index (χ1v) is 7.33. The van der Waals surface area contributed by atoms with Crippen molar-refractivity contribution < 1.29 is 0 Å². The van der Waals surface area contributed by atoms with Crippen molar-refractivity contribution in [1.29, 1.82) is 0 Å². The zero-order chi connectivity index (χ0) is 11.6. The van der Waals surface area contributed by atoms with Gasteiger partial charge >= 0.3 is 0 Å². The molecule has 2 rings (SSSR count). The normalized spacial score (nSPS) is 32.8. The predicted molar refractivity (Wildman–Crippen MR) is 70.6 cm³/mol. The summed E-state index contributed by atoms with van der Waals surface area (Å²) in [5.74, 6) is 0.956. The third-order valence-corrected chi connectivity index (χ3v) is 4.82. The van der Waals surface area contributed by atoms with E-state index in [1.54, 1.807) is 0 Å². The number of nitrogens with one attached hydrogen (secondary N) is 1. The van der Waals surface area contributed by atoms with Crippen LogP contribution in [-0.2, 0) is 0 Å². The van der Waals surface area contributed by atoms with Gasteiger partial charge in [-0.2, -0.15) is 0 Å². The molecule has 0 radical (unpaired) electrons. The van der Waals surface area contributed by atoms with E-state index in [0.29, 0.717) is 5.41 Å². The largest absolute Gasteiger partial charge is 0.311 e. The molecule has 0 aromatic carbocycles. The van der Waals surface area contributed by atoms with Crippen LogP contribution in [0, 0.1) is 11.3 Å². The SMILES string of the molecule is CC(NC1CCC(C)(C)C1)C1CCCCC1. The fraction of sp³-hybridized carbons (Fsp3) is 1.00. The molecule has 0 bridgehead atoms. The van der Waals surface area contributed by atoms with E-state index in [0.717, 1.165) is 18.0 Å². The lowest BCUT2D eigenvalue weighted by atomic mass is 9.84. The Morgan fingerprint density at radius 3 is 2.31 bits per heavy atom. The smallest absolute Gasteiger partial charge is 0.00749 e. The molecule has 94 valence electrons. The topological polar surface area (TPSA) is 12.0 Å². The zero-order valence-electron chi connectivity index (χ0n) is 11.4. The minimum atomic E-state index is 0.587. The van der Waals surface area contributed by atoms with Crippen molar-refractivity contribution in [2.45, 2.75) is 84.2 Å². The molecule has 1 heteroatoms. The Morgan fingerprint density at radius 2 is 1.75 bits per heavy atom. The van der Waals surface area contributed by atoms with E-state index in [1.165, 1.54) is 51.4 Å². The van der Waals surface area contributed by atoms with Gasteiger partial charge in [-0.25, -0.2) is 0 Å². The molecule has 1 nitrogen and oxygen atoms in total. The van der Waals surface area contributed by atoms with E-state index >= 15 is 0 Å². The van der Waals surface area contributed by atoms with Gasteiger partial charge < -0.3 is 5.32 Å². The van der Waals surface area contributed by atoms with Crippen molar-refractivity contribution >= 4 is 0 Å². The summed E-state index contributed by atoms with van der Waals surface area (Å²) in [5.41, 5.74) is 0.587. The van der Waals surface area contributed by atoms with Crippen molar-refractivity contribution in [1.82, 2.24) is 5.32 Å². The van der Waals surface area contributed by atoms with Crippen LogP contribution in [0.4, 0.5) is 0 Å². The second kappa shape index (κ2) is 5.08. The summed E-state index contributed by atoms with van der Waals surface area (Å²) < 4.78 is 0. The van der Waals surface area contributed by atoms with Crippen LogP contribution in [0.5, 0.6) is 0 Å². The predicted octanol–water partition coefficient (Wildman–Crippen LogP) is 4.12. The van der Waals surface area contributed by atoms with Crippen LogP contribution in [0.3, 0.4) is 0 Å². The van der Waals surface area contributed by atoms with Gasteiger partial charge in [0.05, 0.1) is 0 Å². The van der Waals surface area contributed by atoms with E-state index < -0.39 is 0 Å². The van der Waals surface area contributed by atoms with E-state index in [1.807, 2.05) is 0 Å². The van der Waals surface area contributed by atoms with Gasteiger partial charge in [0.1, 0.15) is 0 Å². The molecule has 2 aliphatic rings. The van der Waals surface area contributed by atoms with Crippen LogP contribution in [0.25, 0.3) is 0 Å². The van der Waals surface area contributed by atoms with Gasteiger partial charge in [0.25, 0.3) is 0 Å². The van der Waals surface area contributed by atoms with Gasteiger partial charge in [0.2, 0.25) is 0 Å². The molecular formula is C15H29N. The highest BCUT2D eigenvalue weighted by atomic mass is 15.0. The Labute approximate surface area is 101 Å². The summed E-state index contributed by atoms with van der Waals surface area (Å²) in [4.78, 5) is 0. The monoisotopic (exact) mass is 223 g/mol. The van der Waals surface area contributed by atoms with Crippen molar-refractivity contribution in [3.05, 3.63) is 0 Å². The first kappa shape index (κ1) is 12.4. The minimum Gasteiger partial charge on any atom is -0.311 e. The Balaban J connectivity index is 1.76. The fourth-order valence-electron chi connectivity index (χ4n) is 3.72. The van der Waals surface area contributed by atoms with Crippen LogP contribution < -0.4 is 5.32 Å². The summed E-state index contributed by atoms with van der Waals surface area (Å²) in [6.07, 6.45) is 11.5. The quantitative estimate of drug-likeness (QED) is 0.759. The summed E-state index contributed by atoms with van der Waals surface area (Å²) >= 11 is 0. The molecule has 2 aliphatic carbocycles. The van der Waals surface area contributed by atoms with Gasteiger partial charge in [-0.1, -0.05) is 33.1 Å². The van der Waals surface area contributed by atoms with Gasteiger partial charge in [-0.05, 0) is 50.4 Å². The summed E-state index contributed by atoms with van der Waals surface area (Å²) in [6.45, 7) is 7.25. The number of hydrogen-bond acceptors (Lipinski definition) is 1. The fourth-order valence-corrected chi connectivity index (χ4v) is 3.72. The first-order valence-electron chi connectivity index (χ1n) is 7.33. The zero-order valence-corrected chi connectivity index (χ0v) is 11.4. The maximum atomic E-state index is 3.90. The molecule has 0 aromatic rings. The molecule has 2 saturated carbocycles. The Bertz CT molecular complexity index is 215. The van der Waals surface area contributed by atoms with Gasteiger partial charge in [-0.3, -0.25) is 0 Å². The van der Waals surface area contributed by atoms with Crippen LogP contribution in [0.15, 0.2) is 0 Å². The molecule has 0 saturated heterocycles. The van der Waals surface area contributed by atoms with Crippen LogP contribution >= 0.6 is 0 Å². The maximum absolute atomic E-state index is 3.90. The van der Waals surface area contributed by atoms with Crippen LogP contribution in [0.2, 0.25) is 0 Å². The highest BCUT2D eigenvalue weighted by Gasteiger charge is 2.32. The Hall–Kier alpha value is -0.0400. The Morgan fingerprint density at radius 1 is 1.06 bits per heavy atom. The highest BCUT2D eigenvalue weighted by molar-refractivity contribution is 4.89. The lowest BCUT2D eigenvalue weighted by Gasteiger charge is -2.31. The average Bonchev–Trinajstić information content (AvgIpc) is 2.59. The van der Waals surface area contributed by atoms with Crippen molar-refractivity contribution in [3.63, 3.8) is 0 Å². The molecule has 1 N–H and O–H groups in total. The van der Waals surface area contributed by atoms with E-state index in [4.69, 9.17) is 0 Å². The maximum Gasteiger partial charge on any atom is 0.00749 e. The standard InChI is InChI=1S/C15H29N/c1-12(13-7-5-4-6-8-13)16-14-9-10-15(2,3)11-14/h12-14,16H,4-11H2,1-3H3. The van der Waals surface area contributed by atoms with Crippen molar-refractivity contribution in [2.24, 2.45) is 11.3 Å². The summed E-state index contributed by atoms with van der Waals surface area (Å²) in [7, 11) is 0. The molecule has 2 fully saturated rings. The van der Waals surface area contributed by atoms with Gasteiger partial charge in [-0.15, -0.1) is 0 Å². The number of rotatable bonds is 3. The second-order valence-corrected chi connectivity index (χ2v) is 6.96. The lowest BCUT2D eigenvalue weighted by Crippen LogP contribution is -2.40. The average molecular weight is 223 g/mol. The van der Waals surface area contributed by atoms with Crippen LogP contribution in [0.1, 0.15) is 72.1 Å². The lowest BCUT2D eigenvalue weighted by molar-refractivity contribution is 0.258. The molecule has 0 heterocycles. The van der Waals surface area contributed by atoms with Crippen LogP contribution in [-0.4, -0.2) is 12.1 Å². The molecule has 0 amide bonds. The third kappa shape index (κ3) is 3.23. The first-order chi connectivity index (χ1) is 7.57. The summed E-state index contributed by atoms with van der Waals surface area (Å²) in [6, 6.07) is 1.55. The molecule has 0 aromatic heterocycles. The van der Waals surface area contributed by atoms with Crippen molar-refractivity contribution in [3.8, 4) is 0 Å². The molecule has 2 unspecified atom stereocenters. The van der Waals surface area contributed by atoms with Gasteiger partial charge in [0, 0.05) is 12.1 Å². The van der Waals surface area contributed by atoms with E-state index in [-0.39, 0.29) is 0 Å². The van der Waals surface area contributed by atoms with E-state index in [2.05, 4.69) is 26.1 Å². The van der Waals surface area contributed by atoms with Gasteiger partial charge in [0.15, 0.2) is 0 Å². The van der Waals surface area contributed by atoms with Crippen molar-refractivity contribution in [2.75, 3.05) is 0 Å². The second-order valence-electron chi connectivity index (χ2n) is 6.96. The minimum absolute atomic E-state index is 0.587. The highest BCUT2D eigenvalue weighted by Crippen LogP contribution is 2.37. The molecule has 2 atom stereocenters. The molecule has 16 heavy (non-hydrogen) atoms. The van der Waals surface area contributed by atoms with E-state index in [9.17, 15) is 0 Å².